The molecule has 3 N–H and O–H groups in total. The van der Waals surface area contributed by atoms with Crippen molar-refractivity contribution in [1.29, 1.82) is 0 Å². The molecule has 19 heavy (non-hydrogen) atoms. The Balaban J connectivity index is 2.06. The van der Waals surface area contributed by atoms with E-state index in [1.54, 1.807) is 12.1 Å². The largest absolute Gasteiger partial charge is 0.466 e. The van der Waals surface area contributed by atoms with Gasteiger partial charge in [-0.15, -0.1) is 0 Å². The van der Waals surface area contributed by atoms with Crippen LogP contribution >= 0.6 is 0 Å². The van der Waals surface area contributed by atoms with Crippen molar-refractivity contribution in [3.05, 3.63) is 60.1 Å². The zero-order valence-electron chi connectivity index (χ0n) is 10.2. The maximum atomic E-state index is 12.2. The number of hydrogen-bond donors (Lipinski definition) is 2. The number of guanidine groups is 1. The molecule has 3 rings (SSSR count). The summed E-state index contributed by atoms with van der Waals surface area (Å²) in [5.41, 5.74) is 5.53. The fraction of sp³-hybridized carbons (Fsp3) is 0.143. The Kier molecular flexibility index (Phi) is 2.59. The van der Waals surface area contributed by atoms with Crippen LogP contribution in [0, 0.1) is 0 Å². The van der Waals surface area contributed by atoms with Crippen LogP contribution in [-0.2, 0) is 16.8 Å². The lowest BCUT2D eigenvalue weighted by Gasteiger charge is -2.20. The first-order chi connectivity index (χ1) is 9.21. The molecular formula is C14H13N3O2. The number of hydrogen-bond acceptors (Lipinski definition) is 4. The highest BCUT2D eigenvalue weighted by Crippen LogP contribution is 2.33. The number of aliphatic imine (C=N–C) groups is 1. The molecule has 1 atom stereocenters. The summed E-state index contributed by atoms with van der Waals surface area (Å²) >= 11 is 0. The monoisotopic (exact) mass is 255 g/mol. The quantitative estimate of drug-likeness (QED) is 0.863. The summed E-state index contributed by atoms with van der Waals surface area (Å²) in [6, 6.07) is 13.1. The molecule has 0 saturated carbocycles. The van der Waals surface area contributed by atoms with Gasteiger partial charge in [-0.3, -0.25) is 10.1 Å². The van der Waals surface area contributed by atoms with Gasteiger partial charge in [-0.1, -0.05) is 30.3 Å². The molecule has 0 radical (unpaired) electrons. The second kappa shape index (κ2) is 4.28. The third kappa shape index (κ3) is 1.89. The minimum absolute atomic E-state index is 0.123. The van der Waals surface area contributed by atoms with Gasteiger partial charge in [-0.05, 0) is 17.7 Å². The number of rotatable bonds is 3. The lowest BCUT2D eigenvalue weighted by atomic mass is 9.88. The second-order valence-electron chi connectivity index (χ2n) is 4.45. The average molecular weight is 255 g/mol. The Bertz CT molecular complexity index is 619. The smallest absolute Gasteiger partial charge is 0.262 e. The second-order valence-corrected chi connectivity index (χ2v) is 4.45. The van der Waals surface area contributed by atoms with E-state index in [2.05, 4.69) is 10.3 Å². The van der Waals surface area contributed by atoms with Gasteiger partial charge in [0.25, 0.3) is 5.91 Å². The van der Waals surface area contributed by atoms with E-state index < -0.39 is 5.54 Å². The van der Waals surface area contributed by atoms with Gasteiger partial charge in [-0.25, -0.2) is 4.99 Å². The van der Waals surface area contributed by atoms with Gasteiger partial charge in [0.05, 0.1) is 6.26 Å². The van der Waals surface area contributed by atoms with E-state index in [1.165, 1.54) is 6.26 Å². The molecule has 5 nitrogen and oxygen atoms in total. The number of amides is 1. The molecule has 2 aromatic rings. The van der Waals surface area contributed by atoms with Gasteiger partial charge in [-0.2, -0.15) is 0 Å². The van der Waals surface area contributed by atoms with E-state index in [-0.39, 0.29) is 11.9 Å². The topological polar surface area (TPSA) is 80.6 Å². The molecule has 96 valence electrons. The number of benzene rings is 1. The predicted octanol–water partition coefficient (Wildman–Crippen LogP) is 1.16. The third-order valence-electron chi connectivity index (χ3n) is 3.16. The van der Waals surface area contributed by atoms with Crippen molar-refractivity contribution < 1.29 is 9.21 Å². The molecule has 0 aliphatic carbocycles. The molecule has 0 spiro atoms. The van der Waals surface area contributed by atoms with Crippen molar-refractivity contribution >= 4 is 11.9 Å². The zero-order chi connectivity index (χ0) is 13.3. The highest BCUT2D eigenvalue weighted by molar-refractivity contribution is 6.07. The number of carbonyl (C=O) groups excluding carboxylic acids is 1. The summed E-state index contributed by atoms with van der Waals surface area (Å²) in [4.78, 5) is 16.5. The normalized spacial score (nSPS) is 22.1. The van der Waals surface area contributed by atoms with E-state index in [0.717, 1.165) is 5.56 Å². The van der Waals surface area contributed by atoms with Crippen LogP contribution in [0.15, 0.2) is 58.1 Å². The summed E-state index contributed by atoms with van der Waals surface area (Å²) in [6.07, 6.45) is 1.94. The van der Waals surface area contributed by atoms with E-state index in [4.69, 9.17) is 10.2 Å². The van der Waals surface area contributed by atoms with Crippen LogP contribution in [0.2, 0.25) is 0 Å². The number of nitrogens with two attached hydrogens (primary N) is 1. The first kappa shape index (κ1) is 11.5. The summed E-state index contributed by atoms with van der Waals surface area (Å²) in [7, 11) is 0. The Morgan fingerprint density at radius 2 is 2.00 bits per heavy atom. The van der Waals surface area contributed by atoms with Crippen molar-refractivity contribution in [2.45, 2.75) is 12.0 Å². The maximum Gasteiger partial charge on any atom is 0.262 e. The van der Waals surface area contributed by atoms with Crippen LogP contribution in [-0.4, -0.2) is 11.9 Å². The average Bonchev–Trinajstić information content (AvgIpc) is 3.00. The molecule has 0 bridgehead atoms. The number of carbonyl (C=O) groups is 1. The fourth-order valence-corrected chi connectivity index (χ4v) is 2.28. The van der Waals surface area contributed by atoms with Gasteiger partial charge in [0.1, 0.15) is 5.76 Å². The predicted molar refractivity (Wildman–Crippen MR) is 70.3 cm³/mol. The first-order valence-electron chi connectivity index (χ1n) is 5.95. The van der Waals surface area contributed by atoms with E-state index >= 15 is 0 Å². The first-order valence-corrected chi connectivity index (χ1v) is 5.95. The molecule has 2 heterocycles. The van der Waals surface area contributed by atoms with Crippen LogP contribution in [0.5, 0.6) is 0 Å². The van der Waals surface area contributed by atoms with Gasteiger partial charge >= 0.3 is 0 Å². The van der Waals surface area contributed by atoms with Crippen LogP contribution in [0.3, 0.4) is 0 Å². The van der Waals surface area contributed by atoms with Gasteiger partial charge in [0.2, 0.25) is 5.54 Å². The fourth-order valence-electron chi connectivity index (χ4n) is 2.28. The van der Waals surface area contributed by atoms with E-state index in [9.17, 15) is 4.79 Å². The molecule has 1 aliphatic rings. The lowest BCUT2D eigenvalue weighted by Crippen LogP contribution is -2.40. The molecule has 1 unspecified atom stereocenters. The Hall–Kier alpha value is -2.56. The van der Waals surface area contributed by atoms with Crippen molar-refractivity contribution in [2.75, 3.05) is 0 Å². The summed E-state index contributed by atoms with van der Waals surface area (Å²) in [6.45, 7) is 0. The number of nitrogens with one attached hydrogen (secondary N) is 1. The summed E-state index contributed by atoms with van der Waals surface area (Å²) < 4.78 is 5.39. The molecule has 1 amide bonds. The maximum absolute atomic E-state index is 12.2. The van der Waals surface area contributed by atoms with Crippen molar-refractivity contribution in [1.82, 2.24) is 5.32 Å². The molecule has 0 fully saturated rings. The minimum atomic E-state index is -1.10. The molecule has 0 saturated heterocycles. The molecule has 1 aromatic heterocycles. The Morgan fingerprint density at radius 1 is 1.21 bits per heavy atom. The third-order valence-corrected chi connectivity index (χ3v) is 3.16. The van der Waals surface area contributed by atoms with Crippen molar-refractivity contribution in [3.8, 4) is 0 Å². The minimum Gasteiger partial charge on any atom is -0.466 e. The molecule has 1 aliphatic heterocycles. The SMILES string of the molecule is NC1=NC(Cc2ccccc2)(c2ccco2)C(=O)N1. The standard InChI is InChI=1S/C14H13N3O2/c15-13-16-12(18)14(17-13,11-7-4-8-19-11)9-10-5-2-1-3-6-10/h1-8H,9H2,(H3,15,16,17,18). The van der Waals surface area contributed by atoms with E-state index in [0.29, 0.717) is 12.2 Å². The highest BCUT2D eigenvalue weighted by atomic mass is 16.3. The number of nitrogens with zero attached hydrogens (tertiary/aromatic N) is 1. The molecular weight excluding hydrogens is 242 g/mol. The van der Waals surface area contributed by atoms with Gasteiger partial charge in [0.15, 0.2) is 5.96 Å². The van der Waals surface area contributed by atoms with Crippen molar-refractivity contribution in [2.24, 2.45) is 10.7 Å². The Morgan fingerprint density at radius 3 is 2.58 bits per heavy atom. The number of furan rings is 1. The highest BCUT2D eigenvalue weighted by Gasteiger charge is 2.47. The van der Waals surface area contributed by atoms with Gasteiger partial charge < -0.3 is 10.2 Å². The van der Waals surface area contributed by atoms with Crippen molar-refractivity contribution in [3.63, 3.8) is 0 Å². The zero-order valence-corrected chi connectivity index (χ0v) is 10.2. The van der Waals surface area contributed by atoms with Crippen LogP contribution in [0.4, 0.5) is 0 Å². The van der Waals surface area contributed by atoms with Crippen LogP contribution < -0.4 is 11.1 Å². The summed E-state index contributed by atoms with van der Waals surface area (Å²) in [5, 5.41) is 2.55. The lowest BCUT2D eigenvalue weighted by molar-refractivity contribution is -0.124. The van der Waals surface area contributed by atoms with Crippen LogP contribution in [0.1, 0.15) is 11.3 Å². The van der Waals surface area contributed by atoms with Crippen LogP contribution in [0.25, 0.3) is 0 Å². The van der Waals surface area contributed by atoms with Gasteiger partial charge in [0, 0.05) is 6.42 Å². The molecule has 5 heteroatoms. The molecule has 1 aromatic carbocycles. The van der Waals surface area contributed by atoms with E-state index in [1.807, 2.05) is 30.3 Å². The Labute approximate surface area is 110 Å². The summed E-state index contributed by atoms with van der Waals surface area (Å²) in [5.74, 6) is 0.357.